The van der Waals surface area contributed by atoms with E-state index in [1.807, 2.05) is 7.05 Å². The van der Waals surface area contributed by atoms with Crippen molar-refractivity contribution in [2.75, 3.05) is 20.1 Å². The Hall–Kier alpha value is -1.07. The van der Waals surface area contributed by atoms with E-state index in [1.165, 1.54) is 0 Å². The van der Waals surface area contributed by atoms with Gasteiger partial charge in [0.05, 0.1) is 6.54 Å². The molecule has 1 saturated heterocycles. The second kappa shape index (κ2) is 5.32. The molecule has 0 amide bonds. The van der Waals surface area contributed by atoms with Gasteiger partial charge in [-0.05, 0) is 19.5 Å². The van der Waals surface area contributed by atoms with Gasteiger partial charge in [-0.25, -0.2) is 14.4 Å². The Balaban J connectivity index is 1.97. The molecule has 0 aromatic carbocycles. The molecule has 0 radical (unpaired) electrons. The molecule has 1 aliphatic rings. The first-order valence-corrected chi connectivity index (χ1v) is 5.58. The molecule has 1 N–H and O–H groups in total. The molecule has 2 heterocycles. The molecule has 1 fully saturated rings. The van der Waals surface area contributed by atoms with Gasteiger partial charge < -0.3 is 5.32 Å². The van der Waals surface area contributed by atoms with Crippen LogP contribution in [0.3, 0.4) is 0 Å². The number of rotatable bonds is 4. The molecule has 4 nitrogen and oxygen atoms in total. The maximum Gasteiger partial charge on any atom is 0.142 e. The van der Waals surface area contributed by atoms with Crippen molar-refractivity contribution >= 4 is 0 Å². The molecule has 0 spiro atoms. The first-order valence-electron chi connectivity index (χ1n) is 5.58. The Morgan fingerprint density at radius 3 is 2.94 bits per heavy atom. The van der Waals surface area contributed by atoms with Crippen LogP contribution in [0.25, 0.3) is 0 Å². The van der Waals surface area contributed by atoms with Gasteiger partial charge in [-0.1, -0.05) is 0 Å². The van der Waals surface area contributed by atoms with Crippen molar-refractivity contribution in [3.05, 3.63) is 24.3 Å². The summed E-state index contributed by atoms with van der Waals surface area (Å²) in [5.74, 6) is 0.762. The van der Waals surface area contributed by atoms with E-state index in [9.17, 15) is 4.39 Å². The molecule has 1 aromatic heterocycles. The van der Waals surface area contributed by atoms with Gasteiger partial charge in [0.25, 0.3) is 0 Å². The van der Waals surface area contributed by atoms with Crippen molar-refractivity contribution in [1.82, 2.24) is 20.2 Å². The van der Waals surface area contributed by atoms with E-state index in [2.05, 4.69) is 20.2 Å². The third-order valence-electron chi connectivity index (χ3n) is 2.88. The largest absolute Gasteiger partial charge is 0.318 e. The standard InChI is InChI=1S/C11H17FN4/c1-13-6-10-5-9(12)7-16(10)8-11-14-3-2-4-15-11/h2-4,9-10,13H,5-8H2,1H3. The predicted octanol–water partition coefficient (Wildman–Crippen LogP) is 0.608. The Kier molecular flexibility index (Phi) is 3.79. The van der Waals surface area contributed by atoms with Gasteiger partial charge in [0.15, 0.2) is 0 Å². The molecular formula is C11H17FN4. The van der Waals surface area contributed by atoms with Crippen LogP contribution >= 0.6 is 0 Å². The fourth-order valence-electron chi connectivity index (χ4n) is 2.16. The molecule has 2 rings (SSSR count). The highest BCUT2D eigenvalue weighted by molar-refractivity contribution is 4.93. The quantitative estimate of drug-likeness (QED) is 0.813. The summed E-state index contributed by atoms with van der Waals surface area (Å²) in [7, 11) is 1.89. The minimum Gasteiger partial charge on any atom is -0.318 e. The Labute approximate surface area is 94.9 Å². The van der Waals surface area contributed by atoms with Crippen molar-refractivity contribution in [3.8, 4) is 0 Å². The van der Waals surface area contributed by atoms with Crippen LogP contribution in [0.15, 0.2) is 18.5 Å². The Morgan fingerprint density at radius 2 is 2.25 bits per heavy atom. The number of halogens is 1. The summed E-state index contributed by atoms with van der Waals surface area (Å²) < 4.78 is 13.3. The molecule has 88 valence electrons. The van der Waals surface area contributed by atoms with E-state index in [0.717, 1.165) is 12.4 Å². The van der Waals surface area contributed by atoms with Gasteiger partial charge in [-0.15, -0.1) is 0 Å². The molecule has 0 saturated carbocycles. The summed E-state index contributed by atoms with van der Waals surface area (Å²) in [6.45, 7) is 1.94. The summed E-state index contributed by atoms with van der Waals surface area (Å²) in [5, 5.41) is 3.10. The zero-order valence-corrected chi connectivity index (χ0v) is 9.43. The van der Waals surface area contributed by atoms with Gasteiger partial charge >= 0.3 is 0 Å². The van der Waals surface area contributed by atoms with Crippen LogP contribution in [0.1, 0.15) is 12.2 Å². The van der Waals surface area contributed by atoms with Crippen LogP contribution in [-0.2, 0) is 6.54 Å². The van der Waals surface area contributed by atoms with Crippen molar-refractivity contribution in [2.24, 2.45) is 0 Å². The molecule has 2 unspecified atom stereocenters. The normalized spacial score (nSPS) is 26.1. The summed E-state index contributed by atoms with van der Waals surface area (Å²) >= 11 is 0. The first kappa shape index (κ1) is 11.4. The molecule has 1 aromatic rings. The number of hydrogen-bond donors (Lipinski definition) is 1. The highest BCUT2D eigenvalue weighted by atomic mass is 19.1. The van der Waals surface area contributed by atoms with Gasteiger partial charge in [-0.2, -0.15) is 0 Å². The van der Waals surface area contributed by atoms with Crippen molar-refractivity contribution in [3.63, 3.8) is 0 Å². The topological polar surface area (TPSA) is 41.0 Å². The smallest absolute Gasteiger partial charge is 0.142 e. The van der Waals surface area contributed by atoms with E-state index >= 15 is 0 Å². The number of hydrogen-bond acceptors (Lipinski definition) is 4. The maximum atomic E-state index is 13.3. The van der Waals surface area contributed by atoms with Gasteiger partial charge in [0.1, 0.15) is 12.0 Å². The third-order valence-corrected chi connectivity index (χ3v) is 2.88. The summed E-state index contributed by atoms with van der Waals surface area (Å²) in [5.41, 5.74) is 0. The predicted molar refractivity (Wildman–Crippen MR) is 59.7 cm³/mol. The highest BCUT2D eigenvalue weighted by Gasteiger charge is 2.31. The van der Waals surface area contributed by atoms with Crippen LogP contribution in [0.2, 0.25) is 0 Å². The molecule has 2 atom stereocenters. The average molecular weight is 224 g/mol. The fourth-order valence-corrected chi connectivity index (χ4v) is 2.16. The van der Waals surface area contributed by atoms with Crippen LogP contribution in [0, 0.1) is 0 Å². The fraction of sp³-hybridized carbons (Fsp3) is 0.636. The van der Waals surface area contributed by atoms with Crippen LogP contribution in [0.4, 0.5) is 4.39 Å². The third kappa shape index (κ3) is 2.74. The minimum absolute atomic E-state index is 0.254. The van der Waals surface area contributed by atoms with Crippen molar-refractivity contribution in [2.45, 2.75) is 25.2 Å². The van der Waals surface area contributed by atoms with E-state index in [1.54, 1.807) is 18.5 Å². The molecule has 5 heteroatoms. The second-order valence-corrected chi connectivity index (χ2v) is 4.14. The minimum atomic E-state index is -0.720. The van der Waals surface area contributed by atoms with E-state index in [-0.39, 0.29) is 6.04 Å². The number of nitrogens with zero attached hydrogens (tertiary/aromatic N) is 3. The Bertz CT molecular complexity index is 319. The van der Waals surface area contributed by atoms with Crippen LogP contribution < -0.4 is 5.32 Å². The number of alkyl halides is 1. The lowest BCUT2D eigenvalue weighted by atomic mass is 10.2. The molecular weight excluding hydrogens is 207 g/mol. The summed E-state index contributed by atoms with van der Waals surface area (Å²) in [6.07, 6.45) is 3.33. The van der Waals surface area contributed by atoms with Gasteiger partial charge in [-0.3, -0.25) is 4.90 Å². The maximum absolute atomic E-state index is 13.3. The average Bonchev–Trinajstić information content (AvgIpc) is 2.61. The van der Waals surface area contributed by atoms with Crippen molar-refractivity contribution in [1.29, 1.82) is 0 Å². The SMILES string of the molecule is CNCC1CC(F)CN1Cc1ncccn1. The zero-order valence-electron chi connectivity index (χ0n) is 9.43. The lowest BCUT2D eigenvalue weighted by molar-refractivity contribution is 0.227. The monoisotopic (exact) mass is 224 g/mol. The van der Waals surface area contributed by atoms with Crippen LogP contribution in [-0.4, -0.2) is 47.2 Å². The lowest BCUT2D eigenvalue weighted by Gasteiger charge is -2.22. The number of likely N-dealkylation sites (tertiary alicyclic amines) is 1. The van der Waals surface area contributed by atoms with Gasteiger partial charge in [0.2, 0.25) is 0 Å². The Morgan fingerprint density at radius 1 is 1.50 bits per heavy atom. The molecule has 0 bridgehead atoms. The van der Waals surface area contributed by atoms with Crippen LogP contribution in [0.5, 0.6) is 0 Å². The van der Waals surface area contributed by atoms with Gasteiger partial charge in [0, 0.05) is 31.5 Å². The highest BCUT2D eigenvalue weighted by Crippen LogP contribution is 2.21. The van der Waals surface area contributed by atoms with E-state index in [4.69, 9.17) is 0 Å². The van der Waals surface area contributed by atoms with E-state index in [0.29, 0.717) is 19.5 Å². The summed E-state index contributed by atoms with van der Waals surface area (Å²) in [4.78, 5) is 10.4. The second-order valence-electron chi connectivity index (χ2n) is 4.14. The lowest BCUT2D eigenvalue weighted by Crippen LogP contribution is -2.36. The number of likely N-dealkylation sites (N-methyl/N-ethyl adjacent to an activating group) is 1. The number of aromatic nitrogens is 2. The van der Waals surface area contributed by atoms with Crippen molar-refractivity contribution < 1.29 is 4.39 Å². The summed E-state index contributed by atoms with van der Waals surface area (Å²) in [6, 6.07) is 2.04. The number of nitrogens with one attached hydrogen (secondary N) is 1. The first-order chi connectivity index (χ1) is 7.79. The molecule has 1 aliphatic heterocycles. The van der Waals surface area contributed by atoms with E-state index < -0.39 is 6.17 Å². The molecule has 16 heavy (non-hydrogen) atoms. The zero-order chi connectivity index (χ0) is 11.4. The molecule has 0 aliphatic carbocycles.